The number of fused-ring (bicyclic) bond motifs is 6. The predicted octanol–water partition coefficient (Wildman–Crippen LogP) is 9.20. The maximum Gasteiger partial charge on any atom is 0.301 e. The molecule has 0 bridgehead atoms. The van der Waals surface area contributed by atoms with Gasteiger partial charge in [0.2, 0.25) is 5.82 Å². The van der Waals surface area contributed by atoms with Gasteiger partial charge in [0.05, 0.1) is 82.0 Å². The second-order valence-corrected chi connectivity index (χ2v) is 21.6. The molecule has 0 saturated heterocycles. The summed E-state index contributed by atoms with van der Waals surface area (Å²) in [6.07, 6.45) is 14.8. The zero-order chi connectivity index (χ0) is 61.6. The highest BCUT2D eigenvalue weighted by Gasteiger charge is 2.24. The summed E-state index contributed by atoms with van der Waals surface area (Å²) in [6, 6.07) is 53.8. The van der Waals surface area contributed by atoms with Crippen LogP contribution in [0.15, 0.2) is 207 Å². The molecule has 0 unspecified atom stereocenters. The molecular weight excluding hydrogens is 1080 g/mol. The van der Waals surface area contributed by atoms with Crippen molar-refractivity contribution in [2.45, 2.75) is 41.5 Å². The normalized spacial score (nSPS) is 10.9. The summed E-state index contributed by atoms with van der Waals surface area (Å²) in [5.41, 5.74) is 17.5. The summed E-state index contributed by atoms with van der Waals surface area (Å²) in [6.45, 7) is 12.6. The van der Waals surface area contributed by atoms with E-state index < -0.39 is 0 Å². The van der Waals surface area contributed by atoms with Crippen molar-refractivity contribution in [1.82, 2.24) is 52.3 Å². The van der Waals surface area contributed by atoms with Crippen molar-refractivity contribution < 1.29 is 27.4 Å². The molecule has 0 saturated carbocycles. The molecule has 11 aromatic heterocycles. The lowest BCUT2D eigenvalue weighted by atomic mass is 10.3. The van der Waals surface area contributed by atoms with E-state index in [4.69, 9.17) is 0 Å². The highest BCUT2D eigenvalue weighted by atomic mass is 15.2. The molecule has 17 heteroatoms. The third-order valence-corrected chi connectivity index (χ3v) is 17.0. The Kier molecular flexibility index (Phi) is 17.6. The zero-order valence-corrected chi connectivity index (χ0v) is 52.7. The van der Waals surface area contributed by atoms with E-state index in [0.29, 0.717) is 0 Å². The first kappa shape index (κ1) is 59.6. The van der Waals surface area contributed by atoms with Crippen molar-refractivity contribution in [2.75, 3.05) is 0 Å². The van der Waals surface area contributed by atoms with E-state index in [1.54, 1.807) is 0 Å². The lowest BCUT2D eigenvalue weighted by Gasteiger charge is -1.98. The fraction of sp³-hybridized carbons (Fsp3) is 0.214. The topological polar surface area (TPSA) is 117 Å². The molecule has 0 aliphatic carbocycles. The van der Waals surface area contributed by atoms with Gasteiger partial charge in [-0.15, -0.1) is 4.98 Å². The van der Waals surface area contributed by atoms with Crippen molar-refractivity contribution in [3.8, 4) is 17.1 Å². The standard InChI is InChI=1S/C15H15N2.2C14H14N3.3C9H12N3/c1-12-16(2)14-10-6-7-11-15(14)17(12)13-8-4-3-5-9-13;1-11-16(2)13-9-6-10-15-14(13)17(11)12-7-4-3-5-8-12;1-11-16(2)13-8-9-15-10-14(13)17(11)12-6-4-3-5-7-12;2*1-7-11(2)8-4-5-10-6-9(8)12(7)3;1-7-11(2)8-5-4-6-10-9(8)12(7)3/h3-11H,1-2H3;2*3-10H,1-2H3;3*4-6H,1-3H3/q6*+1. The monoisotopic (exact) mass is 1160 g/mol. The molecule has 11 heterocycles. The molecule has 15 rings (SSSR count). The molecular formula is C70H79N17+6. The largest absolute Gasteiger partial charge is 0.301 e. The Bertz CT molecular complexity index is 4260. The number of imidazole rings is 6. The maximum absolute atomic E-state index is 4.48. The molecule has 0 atom stereocenters. The van der Waals surface area contributed by atoms with Crippen LogP contribution in [0.2, 0.25) is 0 Å². The first-order valence-corrected chi connectivity index (χ1v) is 29.0. The van der Waals surface area contributed by atoms with E-state index in [-0.39, 0.29) is 0 Å². The van der Waals surface area contributed by atoms with Crippen LogP contribution in [0.3, 0.4) is 0 Å². The quantitative estimate of drug-likeness (QED) is 0.164. The van der Waals surface area contributed by atoms with Crippen LogP contribution in [-0.2, 0) is 63.4 Å². The van der Waals surface area contributed by atoms with E-state index in [1.807, 2.05) is 117 Å². The smallest absolute Gasteiger partial charge is 0.260 e. The number of hydrogen-bond donors (Lipinski definition) is 0. The SMILES string of the molecule is Cc1n(-c2ccccc2)c2ccccc2[n+]1C.Cc1n(-c2ccccc2)c2cnccc2[n+]1C.Cc1n(-c2ccccc2)c2ncccc2[n+]1C.Cc1n(C)c2cccnc2[n+]1C.Cc1n(C)c2cnccc2[n+]1C.Cc1n(C)c2cnccc2[n+]1C. The van der Waals surface area contributed by atoms with Gasteiger partial charge in [-0.25, -0.2) is 41.5 Å². The van der Waals surface area contributed by atoms with Crippen LogP contribution in [-0.4, -0.2) is 52.3 Å². The minimum atomic E-state index is 0.999. The average molecular weight is 1160 g/mol. The van der Waals surface area contributed by atoms with Crippen molar-refractivity contribution >= 4 is 66.5 Å². The Morgan fingerprint density at radius 2 is 0.609 bits per heavy atom. The van der Waals surface area contributed by atoms with Gasteiger partial charge in [0, 0.05) is 84.5 Å². The number of aromatic nitrogens is 17. The molecule has 15 aromatic rings. The van der Waals surface area contributed by atoms with Crippen LogP contribution in [0.1, 0.15) is 34.9 Å². The molecule has 0 fully saturated rings. The fourth-order valence-electron chi connectivity index (χ4n) is 11.2. The minimum Gasteiger partial charge on any atom is -0.260 e. The molecule has 17 nitrogen and oxygen atoms in total. The molecule has 438 valence electrons. The van der Waals surface area contributed by atoms with Gasteiger partial charge >= 0.3 is 5.65 Å². The van der Waals surface area contributed by atoms with Gasteiger partial charge in [-0.05, 0) is 72.8 Å². The molecule has 0 aliphatic rings. The van der Waals surface area contributed by atoms with Gasteiger partial charge < -0.3 is 0 Å². The van der Waals surface area contributed by atoms with Crippen molar-refractivity contribution in [2.24, 2.45) is 63.4 Å². The summed E-state index contributed by atoms with van der Waals surface area (Å²) in [4.78, 5) is 21.2. The van der Waals surface area contributed by atoms with Gasteiger partial charge in [0.1, 0.15) is 23.3 Å². The van der Waals surface area contributed by atoms with Crippen LogP contribution in [0, 0.1) is 41.5 Å². The summed E-state index contributed by atoms with van der Waals surface area (Å²) >= 11 is 0. The first-order chi connectivity index (χ1) is 42.0. The third-order valence-electron chi connectivity index (χ3n) is 17.0. The van der Waals surface area contributed by atoms with E-state index >= 15 is 0 Å². The molecule has 87 heavy (non-hydrogen) atoms. The Morgan fingerprint density at radius 3 is 1.10 bits per heavy atom. The third kappa shape index (κ3) is 11.6. The van der Waals surface area contributed by atoms with E-state index in [9.17, 15) is 0 Å². The molecule has 0 radical (unpaired) electrons. The van der Waals surface area contributed by atoms with Gasteiger partial charge in [-0.2, -0.15) is 13.7 Å². The van der Waals surface area contributed by atoms with Gasteiger partial charge in [0.25, 0.3) is 34.8 Å². The lowest BCUT2D eigenvalue weighted by Crippen LogP contribution is -2.31. The maximum atomic E-state index is 4.48. The van der Waals surface area contributed by atoms with Crippen LogP contribution < -0.4 is 27.4 Å². The predicted molar refractivity (Wildman–Crippen MR) is 343 cm³/mol. The summed E-state index contributed by atoms with van der Waals surface area (Å²) in [7, 11) is 18.6. The minimum absolute atomic E-state index is 0.999. The molecule has 4 aromatic carbocycles. The van der Waals surface area contributed by atoms with Crippen LogP contribution >= 0.6 is 0 Å². The van der Waals surface area contributed by atoms with Crippen molar-refractivity contribution in [1.29, 1.82) is 0 Å². The summed E-state index contributed by atoms with van der Waals surface area (Å²) in [5.74, 6) is 7.28. The molecule has 0 amide bonds. The number of para-hydroxylation sites is 5. The van der Waals surface area contributed by atoms with E-state index in [0.717, 1.165) is 28.0 Å². The number of nitrogens with zero attached hydrogens (tertiary/aromatic N) is 17. The number of hydrogen-bond acceptors (Lipinski definition) is 5. The lowest BCUT2D eigenvalue weighted by molar-refractivity contribution is -0.654. The first-order valence-electron chi connectivity index (χ1n) is 29.0. The highest BCUT2D eigenvalue weighted by Crippen LogP contribution is 2.21. The second-order valence-electron chi connectivity index (χ2n) is 21.6. The Balaban J connectivity index is 0.000000116. The number of aryl methyl sites for hydroxylation is 9. The number of rotatable bonds is 3. The van der Waals surface area contributed by atoms with Crippen molar-refractivity contribution in [3.05, 3.63) is 242 Å². The van der Waals surface area contributed by atoms with E-state index in [1.165, 1.54) is 90.5 Å². The Morgan fingerprint density at radius 1 is 0.276 bits per heavy atom. The zero-order valence-electron chi connectivity index (χ0n) is 52.7. The number of pyridine rings is 5. The van der Waals surface area contributed by atoms with E-state index in [2.05, 4.69) is 275 Å². The fourth-order valence-corrected chi connectivity index (χ4v) is 11.2. The molecule has 0 aliphatic heterocycles. The van der Waals surface area contributed by atoms with Gasteiger partial charge in [-0.3, -0.25) is 19.5 Å². The summed E-state index contributed by atoms with van der Waals surface area (Å²) < 4.78 is 26.1. The second kappa shape index (κ2) is 25.7. The van der Waals surface area contributed by atoms with Crippen LogP contribution in [0.5, 0.6) is 0 Å². The Labute approximate surface area is 508 Å². The van der Waals surface area contributed by atoms with Crippen LogP contribution in [0.25, 0.3) is 83.5 Å². The number of benzene rings is 4. The summed E-state index contributed by atoms with van der Waals surface area (Å²) in [5, 5.41) is 0. The highest BCUT2D eigenvalue weighted by molar-refractivity contribution is 5.76. The van der Waals surface area contributed by atoms with Crippen LogP contribution in [0.4, 0.5) is 0 Å². The average Bonchev–Trinajstić information content (AvgIpc) is 3.08. The molecule has 0 spiro atoms. The molecule has 0 N–H and O–H groups in total. The van der Waals surface area contributed by atoms with Gasteiger partial charge in [-0.1, -0.05) is 66.7 Å². The van der Waals surface area contributed by atoms with Crippen molar-refractivity contribution in [3.63, 3.8) is 0 Å². The Hall–Kier alpha value is -10.6. The van der Waals surface area contributed by atoms with Gasteiger partial charge in [0.15, 0.2) is 55.2 Å².